The number of amides is 1. The van der Waals surface area contributed by atoms with Crippen LogP contribution >= 0.6 is 12.2 Å². The van der Waals surface area contributed by atoms with Crippen LogP contribution in [0.2, 0.25) is 0 Å². The highest BCUT2D eigenvalue weighted by molar-refractivity contribution is 7.80. The first-order valence-corrected chi connectivity index (χ1v) is 10.3. The summed E-state index contributed by atoms with van der Waals surface area (Å²) in [6.07, 6.45) is 3.84. The Hall–Kier alpha value is -2.40. The summed E-state index contributed by atoms with van der Waals surface area (Å²) in [4.78, 5) is 14.8. The average molecular weight is 396 g/mol. The molecule has 1 aliphatic heterocycles. The van der Waals surface area contributed by atoms with Crippen molar-refractivity contribution in [2.45, 2.75) is 45.4 Å². The summed E-state index contributed by atoms with van der Waals surface area (Å²) in [5.41, 5.74) is 3.95. The third kappa shape index (κ3) is 5.32. The van der Waals surface area contributed by atoms with E-state index in [0.717, 1.165) is 18.8 Å². The number of hydrogen-bond acceptors (Lipinski definition) is 3. The Kier molecular flexibility index (Phi) is 6.35. The third-order valence-electron chi connectivity index (χ3n) is 5.09. The maximum Gasteiger partial charge on any atom is 0.257 e. The van der Waals surface area contributed by atoms with E-state index in [1.165, 1.54) is 30.5 Å². The van der Waals surface area contributed by atoms with Crippen LogP contribution in [0.1, 0.15) is 56.0 Å². The SMILES string of the molecule is CC(C)(C)c1ccc(C(=O)NC(=S)Nc2ccc(N3CCCCC3)cc2)cc1. The third-order valence-corrected chi connectivity index (χ3v) is 5.29. The van der Waals surface area contributed by atoms with Crippen molar-refractivity contribution in [2.75, 3.05) is 23.3 Å². The average Bonchev–Trinajstić information content (AvgIpc) is 2.68. The van der Waals surface area contributed by atoms with Gasteiger partial charge in [0.05, 0.1) is 0 Å². The molecule has 0 aliphatic carbocycles. The lowest BCUT2D eigenvalue weighted by Crippen LogP contribution is -2.34. The van der Waals surface area contributed by atoms with Crippen LogP contribution in [-0.4, -0.2) is 24.1 Å². The molecule has 0 saturated carbocycles. The summed E-state index contributed by atoms with van der Waals surface area (Å²) >= 11 is 5.30. The van der Waals surface area contributed by atoms with Crippen molar-refractivity contribution in [1.82, 2.24) is 5.32 Å². The van der Waals surface area contributed by atoms with Gasteiger partial charge >= 0.3 is 0 Å². The highest BCUT2D eigenvalue weighted by atomic mass is 32.1. The van der Waals surface area contributed by atoms with E-state index in [2.05, 4.69) is 48.4 Å². The predicted molar refractivity (Wildman–Crippen MR) is 121 cm³/mol. The smallest absolute Gasteiger partial charge is 0.257 e. The number of nitrogens with one attached hydrogen (secondary N) is 2. The zero-order valence-corrected chi connectivity index (χ0v) is 17.7. The van der Waals surface area contributed by atoms with Crippen molar-refractivity contribution < 1.29 is 4.79 Å². The van der Waals surface area contributed by atoms with E-state index in [-0.39, 0.29) is 11.3 Å². The van der Waals surface area contributed by atoms with E-state index in [1.807, 2.05) is 36.4 Å². The minimum absolute atomic E-state index is 0.0617. The second kappa shape index (κ2) is 8.74. The minimum atomic E-state index is -0.206. The molecule has 0 radical (unpaired) electrons. The molecule has 0 atom stereocenters. The molecule has 0 aromatic heterocycles. The Bertz CT molecular complexity index is 816. The largest absolute Gasteiger partial charge is 0.372 e. The number of anilines is 2. The monoisotopic (exact) mass is 395 g/mol. The van der Waals surface area contributed by atoms with Gasteiger partial charge in [-0.3, -0.25) is 10.1 Å². The van der Waals surface area contributed by atoms with Gasteiger partial charge in [0.1, 0.15) is 0 Å². The lowest BCUT2D eigenvalue weighted by Gasteiger charge is -2.28. The molecule has 3 rings (SSSR count). The summed E-state index contributed by atoms with van der Waals surface area (Å²) in [6.45, 7) is 8.69. The fraction of sp³-hybridized carbons (Fsp3) is 0.391. The number of rotatable bonds is 3. The fourth-order valence-corrected chi connectivity index (χ4v) is 3.58. The number of carbonyl (C=O) groups excluding carboxylic acids is 1. The van der Waals surface area contributed by atoms with Gasteiger partial charge in [0, 0.05) is 30.0 Å². The van der Waals surface area contributed by atoms with E-state index in [0.29, 0.717) is 10.7 Å². The van der Waals surface area contributed by atoms with E-state index < -0.39 is 0 Å². The van der Waals surface area contributed by atoms with E-state index in [1.54, 1.807) is 0 Å². The molecule has 28 heavy (non-hydrogen) atoms. The predicted octanol–water partition coefficient (Wildman–Crippen LogP) is 5.10. The van der Waals surface area contributed by atoms with Gasteiger partial charge in [-0.15, -0.1) is 0 Å². The second-order valence-corrected chi connectivity index (χ2v) is 8.74. The van der Waals surface area contributed by atoms with Crippen LogP contribution in [0.3, 0.4) is 0 Å². The van der Waals surface area contributed by atoms with Crippen molar-refractivity contribution in [3.05, 3.63) is 59.7 Å². The maximum absolute atomic E-state index is 12.4. The van der Waals surface area contributed by atoms with Gasteiger partial charge < -0.3 is 10.2 Å². The molecule has 5 heteroatoms. The molecule has 0 spiro atoms. The Morgan fingerprint density at radius 1 is 0.929 bits per heavy atom. The lowest BCUT2D eigenvalue weighted by molar-refractivity contribution is 0.0977. The van der Waals surface area contributed by atoms with Gasteiger partial charge in [0.2, 0.25) is 0 Å². The number of carbonyl (C=O) groups is 1. The molecule has 1 amide bonds. The minimum Gasteiger partial charge on any atom is -0.372 e. The Balaban J connectivity index is 1.55. The molecule has 2 aromatic rings. The Morgan fingerprint density at radius 2 is 1.54 bits per heavy atom. The normalized spacial score (nSPS) is 14.5. The number of thiocarbonyl (C=S) groups is 1. The molecular weight excluding hydrogens is 366 g/mol. The summed E-state index contributed by atoms with van der Waals surface area (Å²) in [5, 5.41) is 6.14. The van der Waals surface area contributed by atoms with Crippen LogP contribution in [0, 0.1) is 0 Å². The Morgan fingerprint density at radius 3 is 2.11 bits per heavy atom. The van der Waals surface area contributed by atoms with Gasteiger partial charge in [0.25, 0.3) is 5.91 Å². The van der Waals surface area contributed by atoms with Gasteiger partial charge in [0.15, 0.2) is 5.11 Å². The van der Waals surface area contributed by atoms with Crippen LogP contribution in [0.4, 0.5) is 11.4 Å². The zero-order chi connectivity index (χ0) is 20.1. The van der Waals surface area contributed by atoms with Crippen molar-refractivity contribution in [3.8, 4) is 0 Å². The zero-order valence-electron chi connectivity index (χ0n) is 16.9. The van der Waals surface area contributed by atoms with Crippen LogP contribution in [0.15, 0.2) is 48.5 Å². The quantitative estimate of drug-likeness (QED) is 0.710. The summed E-state index contributed by atoms with van der Waals surface area (Å²) in [5.74, 6) is -0.206. The lowest BCUT2D eigenvalue weighted by atomic mass is 9.87. The molecule has 1 heterocycles. The van der Waals surface area contributed by atoms with Crippen LogP contribution in [-0.2, 0) is 5.41 Å². The van der Waals surface area contributed by atoms with E-state index in [9.17, 15) is 4.79 Å². The van der Waals surface area contributed by atoms with Crippen molar-refractivity contribution in [2.24, 2.45) is 0 Å². The van der Waals surface area contributed by atoms with Crippen LogP contribution in [0.25, 0.3) is 0 Å². The van der Waals surface area contributed by atoms with E-state index >= 15 is 0 Å². The standard InChI is InChI=1S/C23H29N3OS/c1-23(2,3)18-9-7-17(8-10-18)21(27)25-22(28)24-19-11-13-20(14-12-19)26-15-5-4-6-16-26/h7-14H,4-6,15-16H2,1-3H3,(H2,24,25,27,28). The number of hydrogen-bond donors (Lipinski definition) is 2. The molecule has 4 nitrogen and oxygen atoms in total. The van der Waals surface area contributed by atoms with Gasteiger partial charge in [-0.1, -0.05) is 32.9 Å². The highest BCUT2D eigenvalue weighted by Crippen LogP contribution is 2.23. The first kappa shape index (κ1) is 20.3. The molecule has 1 saturated heterocycles. The van der Waals surface area contributed by atoms with Crippen LogP contribution < -0.4 is 15.5 Å². The molecule has 2 N–H and O–H groups in total. The first-order valence-electron chi connectivity index (χ1n) is 9.91. The van der Waals surface area contributed by atoms with Crippen molar-refractivity contribution in [1.29, 1.82) is 0 Å². The molecule has 2 aromatic carbocycles. The number of benzene rings is 2. The van der Waals surface area contributed by atoms with Gasteiger partial charge in [-0.25, -0.2) is 0 Å². The number of nitrogens with zero attached hydrogens (tertiary/aromatic N) is 1. The summed E-state index contributed by atoms with van der Waals surface area (Å²) in [7, 11) is 0. The maximum atomic E-state index is 12.4. The van der Waals surface area contributed by atoms with Gasteiger partial charge in [-0.2, -0.15) is 0 Å². The summed E-state index contributed by atoms with van der Waals surface area (Å²) < 4.78 is 0. The topological polar surface area (TPSA) is 44.4 Å². The second-order valence-electron chi connectivity index (χ2n) is 8.33. The van der Waals surface area contributed by atoms with Crippen molar-refractivity contribution in [3.63, 3.8) is 0 Å². The van der Waals surface area contributed by atoms with Crippen molar-refractivity contribution >= 4 is 34.6 Å². The molecular formula is C23H29N3OS. The molecule has 148 valence electrons. The molecule has 1 fully saturated rings. The Labute approximate surface area is 173 Å². The number of piperidine rings is 1. The molecule has 0 bridgehead atoms. The molecule has 1 aliphatic rings. The summed E-state index contributed by atoms with van der Waals surface area (Å²) in [6, 6.07) is 15.9. The highest BCUT2D eigenvalue weighted by Gasteiger charge is 2.15. The van der Waals surface area contributed by atoms with E-state index in [4.69, 9.17) is 12.2 Å². The molecule has 0 unspecified atom stereocenters. The first-order chi connectivity index (χ1) is 13.3. The fourth-order valence-electron chi connectivity index (χ4n) is 3.37. The van der Waals surface area contributed by atoms with Crippen LogP contribution in [0.5, 0.6) is 0 Å². The van der Waals surface area contributed by atoms with Gasteiger partial charge in [-0.05, 0) is 78.9 Å².